The zero-order valence-corrected chi connectivity index (χ0v) is 19.6. The summed E-state index contributed by atoms with van der Waals surface area (Å²) in [6.07, 6.45) is 0. The molecule has 0 saturated carbocycles. The van der Waals surface area contributed by atoms with Gasteiger partial charge < -0.3 is 19.8 Å². The van der Waals surface area contributed by atoms with E-state index in [1.807, 2.05) is 6.92 Å². The molecule has 2 heterocycles. The van der Waals surface area contributed by atoms with Crippen LogP contribution in [0.5, 0.6) is 11.5 Å². The van der Waals surface area contributed by atoms with Crippen molar-refractivity contribution in [2.45, 2.75) is 32.7 Å². The highest BCUT2D eigenvalue weighted by Gasteiger charge is 2.32. The molecular weight excluding hydrogens is 408 g/mol. The Labute approximate surface area is 195 Å². The molecule has 0 spiro atoms. The number of ether oxygens (including phenoxy) is 2. The summed E-state index contributed by atoms with van der Waals surface area (Å²) in [7, 11) is 0. The third-order valence-electron chi connectivity index (χ3n) is 6.32. The Hall–Kier alpha value is -3.24. The van der Waals surface area contributed by atoms with Crippen molar-refractivity contribution >= 4 is 10.9 Å². The first kappa shape index (κ1) is 21.6. The van der Waals surface area contributed by atoms with Gasteiger partial charge in [0.1, 0.15) is 0 Å². The molecule has 0 amide bonds. The summed E-state index contributed by atoms with van der Waals surface area (Å²) in [4.78, 5) is 3.74. The van der Waals surface area contributed by atoms with Crippen molar-refractivity contribution in [2.75, 3.05) is 19.8 Å². The second-order valence-corrected chi connectivity index (χ2v) is 9.15. The van der Waals surface area contributed by atoms with Gasteiger partial charge in [0.25, 0.3) is 0 Å². The van der Waals surface area contributed by atoms with E-state index in [1.54, 1.807) is 0 Å². The topological polar surface area (TPSA) is 46.3 Å². The summed E-state index contributed by atoms with van der Waals surface area (Å²) >= 11 is 0. The maximum atomic E-state index is 6.03. The summed E-state index contributed by atoms with van der Waals surface area (Å²) in [5, 5.41) is 5.11. The molecular formula is C29H32N2O2. The summed E-state index contributed by atoms with van der Waals surface area (Å²) in [6.45, 7) is 8.47. The Morgan fingerprint density at radius 1 is 0.879 bits per heavy atom. The molecule has 0 saturated heterocycles. The first-order valence-electron chi connectivity index (χ1n) is 11.9. The third-order valence-corrected chi connectivity index (χ3v) is 6.32. The van der Waals surface area contributed by atoms with E-state index in [1.165, 1.54) is 33.3 Å². The maximum Gasteiger partial charge on any atom is 0.161 e. The fourth-order valence-electron chi connectivity index (χ4n) is 4.83. The Balaban J connectivity index is 1.58. The Morgan fingerprint density at radius 3 is 2.45 bits per heavy atom. The van der Waals surface area contributed by atoms with Crippen LogP contribution in [-0.4, -0.2) is 24.7 Å². The number of aromatic nitrogens is 1. The van der Waals surface area contributed by atoms with Gasteiger partial charge in [-0.3, -0.25) is 0 Å². The molecule has 0 aliphatic carbocycles. The predicted octanol–water partition coefficient (Wildman–Crippen LogP) is 6.43. The van der Waals surface area contributed by atoms with Crippen LogP contribution in [0, 0.1) is 5.92 Å². The molecule has 4 heteroatoms. The molecule has 2 N–H and O–H groups in total. The SMILES string of the molecule is CCOc1cc(C2NCC(c3ccccc3)c3c2[nH]c2ccccc32)ccc1OCC(C)C. The Kier molecular flexibility index (Phi) is 6.10. The lowest BCUT2D eigenvalue weighted by molar-refractivity contribution is 0.248. The van der Waals surface area contributed by atoms with Gasteiger partial charge in [-0.15, -0.1) is 0 Å². The maximum absolute atomic E-state index is 6.03. The summed E-state index contributed by atoms with van der Waals surface area (Å²) in [5.41, 5.74) is 6.31. The van der Waals surface area contributed by atoms with Gasteiger partial charge in [0.05, 0.1) is 19.3 Å². The molecule has 1 aliphatic heterocycles. The van der Waals surface area contributed by atoms with E-state index in [-0.39, 0.29) is 6.04 Å². The number of nitrogens with one attached hydrogen (secondary N) is 2. The van der Waals surface area contributed by atoms with Gasteiger partial charge in [0.15, 0.2) is 11.5 Å². The van der Waals surface area contributed by atoms with Crippen molar-refractivity contribution in [3.05, 3.63) is 95.2 Å². The van der Waals surface area contributed by atoms with Gasteiger partial charge in [-0.25, -0.2) is 0 Å². The molecule has 3 aromatic carbocycles. The summed E-state index contributed by atoms with van der Waals surface area (Å²) in [5.74, 6) is 2.38. The zero-order chi connectivity index (χ0) is 22.8. The quantitative estimate of drug-likeness (QED) is 0.348. The molecule has 0 fully saturated rings. The average molecular weight is 441 g/mol. The van der Waals surface area contributed by atoms with Crippen LogP contribution in [0.1, 0.15) is 55.1 Å². The first-order chi connectivity index (χ1) is 16.2. The molecule has 2 unspecified atom stereocenters. The van der Waals surface area contributed by atoms with Crippen LogP contribution in [0.2, 0.25) is 0 Å². The molecule has 5 rings (SSSR count). The molecule has 1 aromatic heterocycles. The number of fused-ring (bicyclic) bond motifs is 3. The highest BCUT2D eigenvalue weighted by atomic mass is 16.5. The van der Waals surface area contributed by atoms with Crippen LogP contribution in [0.25, 0.3) is 10.9 Å². The van der Waals surface area contributed by atoms with Crippen LogP contribution in [0.4, 0.5) is 0 Å². The van der Waals surface area contributed by atoms with Gasteiger partial charge in [0, 0.05) is 29.1 Å². The molecule has 33 heavy (non-hydrogen) atoms. The minimum absolute atomic E-state index is 0.0608. The van der Waals surface area contributed by atoms with E-state index in [0.29, 0.717) is 25.0 Å². The number of benzene rings is 3. The van der Waals surface area contributed by atoms with Crippen molar-refractivity contribution in [1.29, 1.82) is 0 Å². The lowest BCUT2D eigenvalue weighted by Crippen LogP contribution is -2.34. The minimum Gasteiger partial charge on any atom is -0.490 e. The predicted molar refractivity (Wildman–Crippen MR) is 134 cm³/mol. The van der Waals surface area contributed by atoms with Gasteiger partial charge in [-0.2, -0.15) is 0 Å². The molecule has 0 radical (unpaired) electrons. The highest BCUT2D eigenvalue weighted by molar-refractivity contribution is 5.86. The van der Waals surface area contributed by atoms with Crippen LogP contribution in [0.15, 0.2) is 72.8 Å². The monoisotopic (exact) mass is 440 g/mol. The molecule has 4 aromatic rings. The number of aromatic amines is 1. The van der Waals surface area contributed by atoms with Crippen molar-refractivity contribution < 1.29 is 9.47 Å². The van der Waals surface area contributed by atoms with E-state index in [4.69, 9.17) is 9.47 Å². The van der Waals surface area contributed by atoms with Gasteiger partial charge >= 0.3 is 0 Å². The molecule has 0 bridgehead atoms. The van der Waals surface area contributed by atoms with Crippen molar-refractivity contribution in [1.82, 2.24) is 10.3 Å². The van der Waals surface area contributed by atoms with E-state index >= 15 is 0 Å². The Morgan fingerprint density at radius 2 is 1.67 bits per heavy atom. The first-order valence-corrected chi connectivity index (χ1v) is 11.9. The second kappa shape index (κ2) is 9.32. The van der Waals surface area contributed by atoms with Gasteiger partial charge in [0.2, 0.25) is 0 Å². The van der Waals surface area contributed by atoms with Gasteiger partial charge in [-0.05, 0) is 47.7 Å². The summed E-state index contributed by atoms with van der Waals surface area (Å²) in [6, 6.07) is 25.8. The number of rotatable bonds is 7. The molecule has 1 aliphatic rings. The number of hydrogen-bond donors (Lipinski definition) is 2. The zero-order valence-electron chi connectivity index (χ0n) is 19.6. The normalized spacial score (nSPS) is 17.8. The van der Waals surface area contributed by atoms with Crippen molar-refractivity contribution in [2.24, 2.45) is 5.92 Å². The van der Waals surface area contributed by atoms with Crippen molar-refractivity contribution in [3.63, 3.8) is 0 Å². The molecule has 4 nitrogen and oxygen atoms in total. The number of hydrogen-bond acceptors (Lipinski definition) is 3. The number of H-pyrrole nitrogens is 1. The number of para-hydroxylation sites is 1. The average Bonchev–Trinajstić information content (AvgIpc) is 3.23. The second-order valence-electron chi connectivity index (χ2n) is 9.15. The van der Waals surface area contributed by atoms with E-state index in [2.05, 4.69) is 96.9 Å². The van der Waals surface area contributed by atoms with E-state index < -0.39 is 0 Å². The molecule has 2 atom stereocenters. The standard InChI is InChI=1S/C29H32N2O2/c1-4-32-26-16-21(14-15-25(26)33-18-19(2)3)28-29-27(22-12-8-9-13-24(22)31-29)23(17-30-28)20-10-6-5-7-11-20/h5-16,19,23,28,30-31H,4,17-18H2,1-3H3. The van der Waals surface area contributed by atoms with Gasteiger partial charge in [-0.1, -0.05) is 68.4 Å². The lowest BCUT2D eigenvalue weighted by atomic mass is 9.83. The smallest absolute Gasteiger partial charge is 0.161 e. The Bertz CT molecular complexity index is 1230. The van der Waals surface area contributed by atoms with Crippen LogP contribution in [0.3, 0.4) is 0 Å². The minimum atomic E-state index is 0.0608. The van der Waals surface area contributed by atoms with Crippen LogP contribution >= 0.6 is 0 Å². The largest absolute Gasteiger partial charge is 0.490 e. The van der Waals surface area contributed by atoms with E-state index in [9.17, 15) is 0 Å². The van der Waals surface area contributed by atoms with Crippen LogP contribution in [-0.2, 0) is 0 Å². The fourth-order valence-corrected chi connectivity index (χ4v) is 4.83. The molecule has 170 valence electrons. The third kappa shape index (κ3) is 4.23. The van der Waals surface area contributed by atoms with Crippen LogP contribution < -0.4 is 14.8 Å². The highest BCUT2D eigenvalue weighted by Crippen LogP contribution is 2.42. The summed E-state index contributed by atoms with van der Waals surface area (Å²) < 4.78 is 12.0. The lowest BCUT2D eigenvalue weighted by Gasteiger charge is -2.31. The van der Waals surface area contributed by atoms with Crippen molar-refractivity contribution in [3.8, 4) is 11.5 Å². The fraction of sp³-hybridized carbons (Fsp3) is 0.310. The van der Waals surface area contributed by atoms with E-state index in [0.717, 1.165) is 18.0 Å².